The summed E-state index contributed by atoms with van der Waals surface area (Å²) in [4.78, 5) is 32.3. The van der Waals surface area contributed by atoms with Crippen LogP contribution in [0, 0.1) is 6.92 Å². The SMILES string of the molecule is Cc1ccc2nc(C(=O)N[C@H]3CCN(c4nccn5ccnc45)C3)ncc2c1. The Morgan fingerprint density at radius 3 is 2.93 bits per heavy atom. The van der Waals surface area contributed by atoms with Crippen LogP contribution < -0.4 is 10.2 Å². The van der Waals surface area contributed by atoms with Crippen molar-refractivity contribution in [1.29, 1.82) is 0 Å². The Bertz CT molecular complexity index is 1190. The first kappa shape index (κ1) is 16.6. The zero-order chi connectivity index (χ0) is 19.1. The Balaban J connectivity index is 1.31. The van der Waals surface area contributed by atoms with Crippen LogP contribution in [0.5, 0.6) is 0 Å². The van der Waals surface area contributed by atoms with Gasteiger partial charge in [-0.1, -0.05) is 11.6 Å². The molecule has 28 heavy (non-hydrogen) atoms. The Morgan fingerprint density at radius 1 is 1.18 bits per heavy atom. The second-order valence-corrected chi connectivity index (χ2v) is 7.07. The van der Waals surface area contributed by atoms with E-state index in [2.05, 4.69) is 30.2 Å². The van der Waals surface area contributed by atoms with E-state index >= 15 is 0 Å². The lowest BCUT2D eigenvalue weighted by Crippen LogP contribution is -2.38. The molecule has 4 aromatic rings. The minimum absolute atomic E-state index is 0.0156. The maximum absolute atomic E-state index is 12.6. The summed E-state index contributed by atoms with van der Waals surface area (Å²) in [6.07, 6.45) is 9.83. The lowest BCUT2D eigenvalue weighted by atomic mass is 10.2. The predicted molar refractivity (Wildman–Crippen MR) is 105 cm³/mol. The summed E-state index contributed by atoms with van der Waals surface area (Å²) >= 11 is 0. The summed E-state index contributed by atoms with van der Waals surface area (Å²) in [5.74, 6) is 0.783. The van der Waals surface area contributed by atoms with E-state index in [1.54, 1.807) is 18.6 Å². The number of fused-ring (bicyclic) bond motifs is 2. The Hall–Kier alpha value is -3.55. The zero-order valence-electron chi connectivity index (χ0n) is 15.4. The molecule has 8 nitrogen and oxygen atoms in total. The maximum Gasteiger partial charge on any atom is 0.289 e. The van der Waals surface area contributed by atoms with Crippen LogP contribution in [0.2, 0.25) is 0 Å². The van der Waals surface area contributed by atoms with Crippen molar-refractivity contribution in [3.8, 4) is 0 Å². The maximum atomic E-state index is 12.6. The molecular weight excluding hydrogens is 354 g/mol. The summed E-state index contributed by atoms with van der Waals surface area (Å²) in [5, 5.41) is 3.99. The van der Waals surface area contributed by atoms with Crippen molar-refractivity contribution >= 4 is 28.3 Å². The molecule has 1 aliphatic heterocycles. The van der Waals surface area contributed by atoms with Crippen molar-refractivity contribution in [1.82, 2.24) is 29.7 Å². The van der Waals surface area contributed by atoms with Gasteiger partial charge in [0.25, 0.3) is 5.91 Å². The number of benzene rings is 1. The lowest BCUT2D eigenvalue weighted by Gasteiger charge is -2.18. The molecule has 1 N–H and O–H groups in total. The van der Waals surface area contributed by atoms with Crippen molar-refractivity contribution in [2.75, 3.05) is 18.0 Å². The molecule has 1 aromatic carbocycles. The van der Waals surface area contributed by atoms with Crippen LogP contribution in [0.25, 0.3) is 16.6 Å². The Labute approximate surface area is 161 Å². The summed E-state index contributed by atoms with van der Waals surface area (Å²) in [5.41, 5.74) is 2.73. The van der Waals surface area contributed by atoms with Gasteiger partial charge in [0.05, 0.1) is 5.52 Å². The first-order valence-corrected chi connectivity index (χ1v) is 9.24. The van der Waals surface area contributed by atoms with Crippen molar-refractivity contribution in [3.63, 3.8) is 0 Å². The van der Waals surface area contributed by atoms with Gasteiger partial charge in [0.2, 0.25) is 5.82 Å². The molecular formula is C20H19N7O. The molecule has 0 radical (unpaired) electrons. The first-order valence-electron chi connectivity index (χ1n) is 9.24. The van der Waals surface area contributed by atoms with Crippen molar-refractivity contribution in [2.45, 2.75) is 19.4 Å². The molecule has 0 aliphatic carbocycles. The van der Waals surface area contributed by atoms with Gasteiger partial charge < -0.3 is 14.6 Å². The van der Waals surface area contributed by atoms with Crippen LogP contribution in [-0.2, 0) is 0 Å². The van der Waals surface area contributed by atoms with Gasteiger partial charge in [-0.3, -0.25) is 4.79 Å². The number of amides is 1. The molecule has 0 saturated carbocycles. The number of rotatable bonds is 3. The van der Waals surface area contributed by atoms with Gasteiger partial charge in [-0.15, -0.1) is 0 Å². The third kappa shape index (κ3) is 2.92. The number of carbonyl (C=O) groups is 1. The van der Waals surface area contributed by atoms with E-state index in [0.29, 0.717) is 6.54 Å². The molecule has 140 valence electrons. The number of nitrogens with zero attached hydrogens (tertiary/aromatic N) is 6. The number of hydrogen-bond donors (Lipinski definition) is 1. The topological polar surface area (TPSA) is 88.3 Å². The van der Waals surface area contributed by atoms with Gasteiger partial charge in [-0.2, -0.15) is 0 Å². The summed E-state index contributed by atoms with van der Waals surface area (Å²) in [6.45, 7) is 3.51. The molecule has 8 heteroatoms. The number of imidazole rings is 1. The van der Waals surface area contributed by atoms with Crippen LogP contribution in [0.4, 0.5) is 5.82 Å². The average Bonchev–Trinajstić information content (AvgIpc) is 3.36. The highest BCUT2D eigenvalue weighted by atomic mass is 16.2. The fourth-order valence-corrected chi connectivity index (χ4v) is 3.65. The predicted octanol–water partition coefficient (Wildman–Crippen LogP) is 1.99. The van der Waals surface area contributed by atoms with Crippen molar-refractivity contribution < 1.29 is 4.79 Å². The summed E-state index contributed by atoms with van der Waals surface area (Å²) in [7, 11) is 0. The van der Waals surface area contributed by atoms with Crippen molar-refractivity contribution in [3.05, 3.63) is 60.6 Å². The van der Waals surface area contributed by atoms with E-state index in [0.717, 1.165) is 40.9 Å². The van der Waals surface area contributed by atoms with Crippen molar-refractivity contribution in [2.24, 2.45) is 0 Å². The Morgan fingerprint density at radius 2 is 2.04 bits per heavy atom. The number of hydrogen-bond acceptors (Lipinski definition) is 6. The summed E-state index contributed by atoms with van der Waals surface area (Å²) < 4.78 is 1.94. The molecule has 0 unspecified atom stereocenters. The largest absolute Gasteiger partial charge is 0.351 e. The van der Waals surface area contributed by atoms with Gasteiger partial charge >= 0.3 is 0 Å². The fraction of sp³-hybridized carbons (Fsp3) is 0.250. The van der Waals surface area contributed by atoms with Crippen LogP contribution >= 0.6 is 0 Å². The van der Waals surface area contributed by atoms with E-state index in [-0.39, 0.29) is 17.8 Å². The fourth-order valence-electron chi connectivity index (χ4n) is 3.65. The third-order valence-electron chi connectivity index (χ3n) is 5.05. The lowest BCUT2D eigenvalue weighted by molar-refractivity contribution is 0.0930. The van der Waals surface area contributed by atoms with Crippen LogP contribution in [0.15, 0.2) is 49.2 Å². The molecule has 1 atom stereocenters. The molecule has 5 rings (SSSR count). The number of aryl methyl sites for hydroxylation is 1. The zero-order valence-corrected chi connectivity index (χ0v) is 15.4. The molecule has 1 amide bonds. The molecule has 0 spiro atoms. The first-order chi connectivity index (χ1) is 13.7. The second kappa shape index (κ2) is 6.56. The van der Waals surface area contributed by atoms with Gasteiger partial charge in [0, 0.05) is 55.5 Å². The van der Waals surface area contributed by atoms with Gasteiger partial charge in [0.15, 0.2) is 11.5 Å². The number of anilines is 1. The van der Waals surface area contributed by atoms with Gasteiger partial charge in [0.1, 0.15) is 0 Å². The highest BCUT2D eigenvalue weighted by Crippen LogP contribution is 2.22. The van der Waals surface area contributed by atoms with Crippen LogP contribution in [-0.4, -0.2) is 49.4 Å². The van der Waals surface area contributed by atoms with Gasteiger partial charge in [-0.05, 0) is 25.5 Å². The van der Waals surface area contributed by atoms with E-state index in [1.807, 2.05) is 41.9 Å². The third-order valence-corrected chi connectivity index (χ3v) is 5.05. The quantitative estimate of drug-likeness (QED) is 0.591. The van der Waals surface area contributed by atoms with E-state index in [9.17, 15) is 4.79 Å². The number of carbonyl (C=O) groups excluding carboxylic acids is 1. The van der Waals surface area contributed by atoms with E-state index < -0.39 is 0 Å². The minimum atomic E-state index is -0.249. The number of aromatic nitrogens is 5. The highest BCUT2D eigenvalue weighted by molar-refractivity contribution is 5.93. The normalized spacial score (nSPS) is 16.8. The van der Waals surface area contributed by atoms with E-state index in [1.165, 1.54) is 0 Å². The monoisotopic (exact) mass is 373 g/mol. The average molecular weight is 373 g/mol. The minimum Gasteiger partial charge on any atom is -0.351 e. The summed E-state index contributed by atoms with van der Waals surface area (Å²) in [6, 6.07) is 5.92. The molecule has 3 aromatic heterocycles. The van der Waals surface area contributed by atoms with Gasteiger partial charge in [-0.25, -0.2) is 19.9 Å². The van der Waals surface area contributed by atoms with E-state index in [4.69, 9.17) is 0 Å². The molecule has 1 aliphatic rings. The molecule has 1 saturated heterocycles. The van der Waals surface area contributed by atoms with Crippen LogP contribution in [0.1, 0.15) is 22.6 Å². The highest BCUT2D eigenvalue weighted by Gasteiger charge is 2.27. The molecule has 4 heterocycles. The second-order valence-electron chi connectivity index (χ2n) is 7.07. The standard InChI is InChI=1S/C20H19N7O/c1-13-2-3-16-14(10-13)11-23-17(25-16)20(28)24-15-4-7-27(12-15)19-18-21-5-8-26(18)9-6-22-19/h2-3,5-6,8-11,15H,4,7,12H2,1H3,(H,24,28)/t15-/m0/s1. The Kier molecular flexibility index (Phi) is 3.89. The number of nitrogens with one attached hydrogen (secondary N) is 1. The smallest absolute Gasteiger partial charge is 0.289 e. The molecule has 1 fully saturated rings. The van der Waals surface area contributed by atoms with Crippen LogP contribution in [0.3, 0.4) is 0 Å². The molecule has 0 bridgehead atoms.